The van der Waals surface area contributed by atoms with Gasteiger partial charge in [-0.25, -0.2) is 0 Å². The zero-order chi connectivity index (χ0) is 16.8. The number of halogens is 1. The Morgan fingerprint density at radius 2 is 2.00 bits per heavy atom. The van der Waals surface area contributed by atoms with E-state index in [9.17, 15) is 4.79 Å². The molecule has 1 aromatic heterocycles. The summed E-state index contributed by atoms with van der Waals surface area (Å²) in [6.45, 7) is 2.07. The number of ketones is 1. The standard InChI is InChI=1S/C20H19BrN2O/c1-12-9-15(24)10-13-5-3-7-16(19(13)22-12)18-11-14-6-4-8-17(21)20(14)23(18)2/h3-8,11-12,22H,9-10H2,1-2H3/t12-/m1/s1. The molecule has 0 saturated carbocycles. The van der Waals surface area contributed by atoms with Gasteiger partial charge in [0.25, 0.3) is 0 Å². The van der Waals surface area contributed by atoms with Gasteiger partial charge in [0.1, 0.15) is 5.78 Å². The normalized spacial score (nSPS) is 17.5. The predicted molar refractivity (Wildman–Crippen MR) is 102 cm³/mol. The molecule has 1 N–H and O–H groups in total. The van der Waals surface area contributed by atoms with E-state index in [1.165, 1.54) is 10.9 Å². The molecule has 122 valence electrons. The molecule has 0 radical (unpaired) electrons. The zero-order valence-corrected chi connectivity index (χ0v) is 15.4. The number of rotatable bonds is 1. The maximum atomic E-state index is 12.1. The molecule has 0 saturated heterocycles. The summed E-state index contributed by atoms with van der Waals surface area (Å²) in [4.78, 5) is 12.1. The van der Waals surface area contributed by atoms with Crippen molar-refractivity contribution in [1.82, 2.24) is 4.57 Å². The van der Waals surface area contributed by atoms with E-state index in [4.69, 9.17) is 0 Å². The fourth-order valence-electron chi connectivity index (χ4n) is 3.68. The van der Waals surface area contributed by atoms with Crippen molar-refractivity contribution in [1.29, 1.82) is 0 Å². The Hall–Kier alpha value is -2.07. The lowest BCUT2D eigenvalue weighted by Crippen LogP contribution is -2.17. The largest absolute Gasteiger partial charge is 0.381 e. The lowest BCUT2D eigenvalue weighted by Gasteiger charge is -2.17. The van der Waals surface area contributed by atoms with Crippen LogP contribution in [0.25, 0.3) is 22.2 Å². The fourth-order valence-corrected chi connectivity index (χ4v) is 4.33. The molecule has 4 rings (SSSR count). The summed E-state index contributed by atoms with van der Waals surface area (Å²) in [6, 6.07) is 14.9. The molecule has 0 aliphatic carbocycles. The van der Waals surface area contributed by atoms with Gasteiger partial charge in [0.15, 0.2) is 0 Å². The highest BCUT2D eigenvalue weighted by molar-refractivity contribution is 9.10. The second-order valence-corrected chi connectivity index (χ2v) is 7.43. The van der Waals surface area contributed by atoms with E-state index >= 15 is 0 Å². The van der Waals surface area contributed by atoms with E-state index in [2.05, 4.69) is 76.2 Å². The minimum absolute atomic E-state index is 0.154. The van der Waals surface area contributed by atoms with Crippen molar-refractivity contribution in [3.05, 3.63) is 52.5 Å². The summed E-state index contributed by atoms with van der Waals surface area (Å²) < 4.78 is 3.31. The Labute approximate surface area is 149 Å². The Balaban J connectivity index is 1.96. The van der Waals surface area contributed by atoms with Crippen LogP contribution in [-0.2, 0) is 18.3 Å². The average molecular weight is 383 g/mol. The SMILES string of the molecule is C[C@@H]1CC(=O)Cc2cccc(-c3cc4cccc(Br)c4n3C)c2N1. The zero-order valence-electron chi connectivity index (χ0n) is 13.8. The first-order valence-electron chi connectivity index (χ1n) is 8.19. The van der Waals surface area contributed by atoms with Crippen LogP contribution in [0.2, 0.25) is 0 Å². The molecule has 3 nitrogen and oxygen atoms in total. The molecule has 1 aliphatic heterocycles. The summed E-state index contributed by atoms with van der Waals surface area (Å²) in [6.07, 6.45) is 1.09. The summed E-state index contributed by atoms with van der Waals surface area (Å²) in [5.74, 6) is 0.297. The van der Waals surface area contributed by atoms with E-state index in [-0.39, 0.29) is 6.04 Å². The van der Waals surface area contributed by atoms with Gasteiger partial charge in [0.05, 0.1) is 11.2 Å². The fraction of sp³-hybridized carbons (Fsp3) is 0.250. The number of anilines is 1. The quantitative estimate of drug-likeness (QED) is 0.647. The molecule has 3 aromatic rings. The maximum absolute atomic E-state index is 12.1. The summed E-state index contributed by atoms with van der Waals surface area (Å²) in [5, 5.41) is 4.77. The number of aromatic nitrogens is 1. The number of hydrogen-bond donors (Lipinski definition) is 1. The number of carbonyl (C=O) groups excluding carboxylic acids is 1. The number of benzene rings is 2. The van der Waals surface area contributed by atoms with Crippen LogP contribution in [0.1, 0.15) is 18.9 Å². The van der Waals surface area contributed by atoms with Gasteiger partial charge in [-0.3, -0.25) is 4.79 Å². The van der Waals surface area contributed by atoms with Crippen LogP contribution in [0.3, 0.4) is 0 Å². The highest BCUT2D eigenvalue weighted by Crippen LogP contribution is 2.38. The van der Waals surface area contributed by atoms with Crippen LogP contribution in [0.15, 0.2) is 46.9 Å². The van der Waals surface area contributed by atoms with Crippen molar-refractivity contribution in [2.24, 2.45) is 7.05 Å². The van der Waals surface area contributed by atoms with Crippen molar-refractivity contribution in [3.63, 3.8) is 0 Å². The molecule has 0 unspecified atom stereocenters. The predicted octanol–water partition coefficient (Wildman–Crippen LogP) is 4.92. The third-order valence-electron chi connectivity index (χ3n) is 4.75. The Kier molecular flexibility index (Phi) is 3.72. The van der Waals surface area contributed by atoms with Crippen molar-refractivity contribution in [2.45, 2.75) is 25.8 Å². The molecular weight excluding hydrogens is 364 g/mol. The Morgan fingerprint density at radius 3 is 2.79 bits per heavy atom. The second-order valence-electron chi connectivity index (χ2n) is 6.57. The number of hydrogen-bond acceptors (Lipinski definition) is 2. The molecular formula is C20H19BrN2O. The first-order valence-corrected chi connectivity index (χ1v) is 8.98. The Morgan fingerprint density at radius 1 is 1.21 bits per heavy atom. The van der Waals surface area contributed by atoms with Crippen LogP contribution in [-0.4, -0.2) is 16.4 Å². The highest BCUT2D eigenvalue weighted by Gasteiger charge is 2.22. The van der Waals surface area contributed by atoms with Crippen LogP contribution in [0.5, 0.6) is 0 Å². The number of para-hydroxylation sites is 2. The molecule has 0 bridgehead atoms. The van der Waals surface area contributed by atoms with E-state index in [0.29, 0.717) is 18.6 Å². The minimum atomic E-state index is 0.154. The van der Waals surface area contributed by atoms with Gasteiger partial charge in [-0.15, -0.1) is 0 Å². The minimum Gasteiger partial charge on any atom is -0.381 e. The summed E-state index contributed by atoms with van der Waals surface area (Å²) in [7, 11) is 2.09. The topological polar surface area (TPSA) is 34.0 Å². The number of nitrogens with one attached hydrogen (secondary N) is 1. The van der Waals surface area contributed by atoms with Crippen LogP contribution < -0.4 is 5.32 Å². The van der Waals surface area contributed by atoms with Crippen LogP contribution in [0.4, 0.5) is 5.69 Å². The lowest BCUT2D eigenvalue weighted by molar-refractivity contribution is -0.118. The van der Waals surface area contributed by atoms with E-state index in [1.807, 2.05) is 6.07 Å². The molecule has 2 heterocycles. The summed E-state index contributed by atoms with van der Waals surface area (Å²) in [5.41, 5.74) is 5.68. The first kappa shape index (κ1) is 15.5. The third-order valence-corrected chi connectivity index (χ3v) is 5.39. The van der Waals surface area contributed by atoms with E-state index < -0.39 is 0 Å². The monoisotopic (exact) mass is 382 g/mol. The van der Waals surface area contributed by atoms with Crippen molar-refractivity contribution in [3.8, 4) is 11.3 Å². The van der Waals surface area contributed by atoms with Gasteiger partial charge in [0.2, 0.25) is 0 Å². The van der Waals surface area contributed by atoms with Crippen molar-refractivity contribution < 1.29 is 4.79 Å². The van der Waals surface area contributed by atoms with Gasteiger partial charge >= 0.3 is 0 Å². The van der Waals surface area contributed by atoms with Crippen molar-refractivity contribution in [2.75, 3.05) is 5.32 Å². The number of fused-ring (bicyclic) bond motifs is 2. The van der Waals surface area contributed by atoms with E-state index in [1.54, 1.807) is 0 Å². The van der Waals surface area contributed by atoms with Gasteiger partial charge in [0, 0.05) is 47.0 Å². The summed E-state index contributed by atoms with van der Waals surface area (Å²) >= 11 is 3.66. The molecule has 0 fully saturated rings. The molecule has 0 amide bonds. The highest BCUT2D eigenvalue weighted by atomic mass is 79.9. The van der Waals surface area contributed by atoms with Gasteiger partial charge in [-0.2, -0.15) is 0 Å². The second kappa shape index (κ2) is 5.78. The smallest absolute Gasteiger partial charge is 0.139 e. The number of aryl methyl sites for hydroxylation is 1. The molecule has 24 heavy (non-hydrogen) atoms. The molecule has 1 atom stereocenters. The van der Waals surface area contributed by atoms with Crippen molar-refractivity contribution >= 4 is 38.3 Å². The lowest BCUT2D eigenvalue weighted by atomic mass is 10.0. The van der Waals surface area contributed by atoms with Crippen LogP contribution in [0, 0.1) is 0 Å². The third kappa shape index (κ3) is 2.46. The number of carbonyl (C=O) groups is 1. The molecule has 4 heteroatoms. The first-order chi connectivity index (χ1) is 11.5. The Bertz CT molecular complexity index is 958. The maximum Gasteiger partial charge on any atom is 0.139 e. The van der Waals surface area contributed by atoms with Gasteiger partial charge in [-0.1, -0.05) is 30.3 Å². The van der Waals surface area contributed by atoms with Gasteiger partial charge < -0.3 is 9.88 Å². The van der Waals surface area contributed by atoms with Gasteiger partial charge in [-0.05, 0) is 40.5 Å². The molecule has 2 aromatic carbocycles. The number of nitrogens with zero attached hydrogens (tertiary/aromatic N) is 1. The average Bonchev–Trinajstić information content (AvgIpc) is 2.78. The molecule has 0 spiro atoms. The number of Topliss-reactive ketones (excluding diaryl/α,β-unsaturated/α-hetero) is 1. The van der Waals surface area contributed by atoms with Crippen LogP contribution >= 0.6 is 15.9 Å². The van der Waals surface area contributed by atoms with E-state index in [0.717, 1.165) is 27.0 Å². The molecule has 1 aliphatic rings.